The number of benzene rings is 1. The molecule has 0 saturated carbocycles. The molecule has 1 atom stereocenters. The van der Waals surface area contributed by atoms with E-state index in [4.69, 9.17) is 4.74 Å². The van der Waals surface area contributed by atoms with Crippen molar-refractivity contribution in [2.24, 2.45) is 4.40 Å². The maximum atomic E-state index is 11.7. The summed E-state index contributed by atoms with van der Waals surface area (Å²) in [6.45, 7) is 5.67. The van der Waals surface area contributed by atoms with E-state index in [1.54, 1.807) is 13.3 Å². The molecule has 1 aromatic carbocycles. The van der Waals surface area contributed by atoms with Gasteiger partial charge in [-0.25, -0.2) is 0 Å². The molecule has 0 aromatic heterocycles. The van der Waals surface area contributed by atoms with Crippen LogP contribution in [0.4, 0.5) is 0 Å². The Labute approximate surface area is 99.9 Å². The molecule has 1 rings (SSSR count). The summed E-state index contributed by atoms with van der Waals surface area (Å²) in [6.07, 6.45) is 1.60. The fraction of sp³-hybridized carbons (Fsp3) is 0.417. The van der Waals surface area contributed by atoms with Gasteiger partial charge in [-0.1, -0.05) is 16.5 Å². The molecule has 0 aliphatic rings. The van der Waals surface area contributed by atoms with Gasteiger partial charge in [0, 0.05) is 5.56 Å². The monoisotopic (exact) mass is 239 g/mol. The van der Waals surface area contributed by atoms with E-state index in [2.05, 4.69) is 4.40 Å². The molecule has 0 aliphatic carbocycles. The maximum absolute atomic E-state index is 11.7. The first-order valence-electron chi connectivity index (χ1n) is 5.04. The smallest absolute Gasteiger partial charge is 0.144 e. The lowest BCUT2D eigenvalue weighted by molar-refractivity contribution is 0.414. The van der Waals surface area contributed by atoms with E-state index in [9.17, 15) is 4.55 Å². The molecule has 0 fully saturated rings. The molecular formula is C12H17NO2S. The molecule has 0 amide bonds. The van der Waals surface area contributed by atoms with Gasteiger partial charge in [0.15, 0.2) is 0 Å². The molecule has 0 spiro atoms. The van der Waals surface area contributed by atoms with E-state index in [-0.39, 0.29) is 4.75 Å². The van der Waals surface area contributed by atoms with Gasteiger partial charge in [-0.2, -0.15) is 0 Å². The number of ether oxygens (including phenoxy) is 1. The Bertz CT molecular complexity index is 372. The van der Waals surface area contributed by atoms with Crippen LogP contribution in [0.2, 0.25) is 0 Å². The van der Waals surface area contributed by atoms with E-state index in [1.807, 2.05) is 45.0 Å². The van der Waals surface area contributed by atoms with Crippen molar-refractivity contribution >= 4 is 17.6 Å². The number of rotatable bonds is 3. The number of para-hydroxylation sites is 1. The fourth-order valence-electron chi connectivity index (χ4n) is 1.04. The predicted molar refractivity (Wildman–Crippen MR) is 68.5 cm³/mol. The van der Waals surface area contributed by atoms with Gasteiger partial charge < -0.3 is 9.29 Å². The molecule has 88 valence electrons. The largest absolute Gasteiger partial charge is 0.591 e. The minimum atomic E-state index is -1.23. The maximum Gasteiger partial charge on any atom is 0.144 e. The van der Waals surface area contributed by atoms with Crippen molar-refractivity contribution in [3.63, 3.8) is 0 Å². The topological polar surface area (TPSA) is 44.6 Å². The molecule has 0 saturated heterocycles. The van der Waals surface area contributed by atoms with E-state index in [1.165, 1.54) is 0 Å². The van der Waals surface area contributed by atoms with Gasteiger partial charge in [-0.05, 0) is 32.9 Å². The Morgan fingerprint density at radius 2 is 1.94 bits per heavy atom. The molecule has 4 heteroatoms. The van der Waals surface area contributed by atoms with Crippen LogP contribution in [0.5, 0.6) is 5.75 Å². The van der Waals surface area contributed by atoms with Crippen LogP contribution in [0.3, 0.4) is 0 Å². The van der Waals surface area contributed by atoms with Crippen molar-refractivity contribution in [1.29, 1.82) is 0 Å². The van der Waals surface area contributed by atoms with Crippen LogP contribution in [0.1, 0.15) is 26.3 Å². The van der Waals surface area contributed by atoms with Crippen molar-refractivity contribution in [2.75, 3.05) is 7.11 Å². The molecule has 0 bridgehead atoms. The molecular weight excluding hydrogens is 222 g/mol. The predicted octanol–water partition coefficient (Wildman–Crippen LogP) is 2.58. The van der Waals surface area contributed by atoms with Crippen LogP contribution in [0, 0.1) is 0 Å². The van der Waals surface area contributed by atoms with Gasteiger partial charge in [0.2, 0.25) is 0 Å². The zero-order valence-electron chi connectivity index (χ0n) is 10.1. The van der Waals surface area contributed by atoms with Crippen LogP contribution in [-0.2, 0) is 11.4 Å². The lowest BCUT2D eigenvalue weighted by Crippen LogP contribution is -2.25. The standard InChI is InChI=1S/C12H17NO2S/c1-12(2,3)16(14)13-9-10-7-5-6-8-11(10)15-4/h5-9H,1-4H3/t16-/m0/s1. The second kappa shape index (κ2) is 5.37. The molecule has 0 radical (unpaired) electrons. The summed E-state index contributed by atoms with van der Waals surface area (Å²) in [6, 6.07) is 7.50. The minimum absolute atomic E-state index is 0.335. The fourth-order valence-corrected chi connectivity index (χ4v) is 1.56. The Balaban J connectivity index is 2.84. The highest BCUT2D eigenvalue weighted by Gasteiger charge is 2.25. The molecule has 0 heterocycles. The van der Waals surface area contributed by atoms with Crippen molar-refractivity contribution in [3.05, 3.63) is 29.8 Å². The first kappa shape index (κ1) is 13.1. The SMILES string of the molecule is COc1ccccc1C=N[S@@+]([O-])C(C)(C)C. The van der Waals surface area contributed by atoms with Gasteiger partial charge in [-0.15, -0.1) is 0 Å². The van der Waals surface area contributed by atoms with Crippen LogP contribution in [0.15, 0.2) is 28.7 Å². The Morgan fingerprint density at radius 1 is 1.31 bits per heavy atom. The third kappa shape index (κ3) is 3.54. The average Bonchev–Trinajstić information content (AvgIpc) is 2.24. The second-order valence-corrected chi connectivity index (χ2v) is 6.27. The number of hydrogen-bond acceptors (Lipinski definition) is 3. The molecule has 0 unspecified atom stereocenters. The van der Waals surface area contributed by atoms with E-state index >= 15 is 0 Å². The molecule has 0 aliphatic heterocycles. The van der Waals surface area contributed by atoms with Gasteiger partial charge in [-0.3, -0.25) is 0 Å². The Kier molecular flexibility index (Phi) is 4.38. The van der Waals surface area contributed by atoms with Crippen LogP contribution in [-0.4, -0.2) is 22.6 Å². The molecule has 0 N–H and O–H groups in total. The van der Waals surface area contributed by atoms with Crippen molar-refractivity contribution in [2.45, 2.75) is 25.5 Å². The van der Waals surface area contributed by atoms with Crippen LogP contribution >= 0.6 is 0 Å². The van der Waals surface area contributed by atoms with Gasteiger partial charge in [0.1, 0.15) is 21.9 Å². The second-order valence-electron chi connectivity index (χ2n) is 4.34. The summed E-state index contributed by atoms with van der Waals surface area (Å²) in [4.78, 5) is 0. The number of hydrogen-bond donors (Lipinski definition) is 0. The van der Waals surface area contributed by atoms with E-state index in [0.717, 1.165) is 11.3 Å². The first-order chi connectivity index (χ1) is 7.45. The normalized spacial score (nSPS) is 14.1. The van der Waals surface area contributed by atoms with Crippen LogP contribution < -0.4 is 4.74 Å². The summed E-state index contributed by atoms with van der Waals surface area (Å²) in [7, 11) is 1.60. The summed E-state index contributed by atoms with van der Waals surface area (Å²) in [5.41, 5.74) is 0.836. The lowest BCUT2D eigenvalue weighted by atomic mass is 10.2. The Morgan fingerprint density at radius 3 is 2.50 bits per heavy atom. The lowest BCUT2D eigenvalue weighted by Gasteiger charge is -2.17. The zero-order valence-corrected chi connectivity index (χ0v) is 10.9. The van der Waals surface area contributed by atoms with Gasteiger partial charge in [0.05, 0.1) is 13.3 Å². The van der Waals surface area contributed by atoms with E-state index < -0.39 is 11.4 Å². The number of nitrogens with zero attached hydrogens (tertiary/aromatic N) is 1. The average molecular weight is 239 g/mol. The first-order valence-corrected chi connectivity index (χ1v) is 6.15. The van der Waals surface area contributed by atoms with Crippen molar-refractivity contribution in [3.8, 4) is 5.75 Å². The third-order valence-corrected chi connectivity index (χ3v) is 3.29. The summed E-state index contributed by atoms with van der Waals surface area (Å²) in [5, 5.41) is 0. The van der Waals surface area contributed by atoms with Crippen LogP contribution in [0.25, 0.3) is 0 Å². The molecule has 1 aromatic rings. The summed E-state index contributed by atoms with van der Waals surface area (Å²) in [5.74, 6) is 0.733. The third-order valence-electron chi connectivity index (χ3n) is 1.95. The van der Waals surface area contributed by atoms with Gasteiger partial charge in [0.25, 0.3) is 0 Å². The summed E-state index contributed by atoms with van der Waals surface area (Å²) < 4.78 is 20.6. The highest BCUT2D eigenvalue weighted by molar-refractivity contribution is 7.91. The van der Waals surface area contributed by atoms with Crippen molar-refractivity contribution in [1.82, 2.24) is 0 Å². The molecule has 16 heavy (non-hydrogen) atoms. The number of methoxy groups -OCH3 is 1. The Hall–Kier alpha value is -1.00. The zero-order chi connectivity index (χ0) is 12.2. The quantitative estimate of drug-likeness (QED) is 0.601. The minimum Gasteiger partial charge on any atom is -0.591 e. The highest BCUT2D eigenvalue weighted by Crippen LogP contribution is 2.19. The highest BCUT2D eigenvalue weighted by atomic mass is 32.2. The summed E-state index contributed by atoms with van der Waals surface area (Å²) >= 11 is -1.23. The van der Waals surface area contributed by atoms with Gasteiger partial charge >= 0.3 is 0 Å². The van der Waals surface area contributed by atoms with E-state index in [0.29, 0.717) is 0 Å². The van der Waals surface area contributed by atoms with Crippen molar-refractivity contribution < 1.29 is 9.29 Å². The molecule has 3 nitrogen and oxygen atoms in total.